The number of anilines is 1. The number of rotatable bonds is 2. The highest BCUT2D eigenvalue weighted by atomic mass is 35.5. The second kappa shape index (κ2) is 3.83. The largest absolute Gasteiger partial charge is 0.383 e. The second-order valence-corrected chi connectivity index (χ2v) is 4.60. The van der Waals surface area contributed by atoms with Crippen molar-refractivity contribution in [1.29, 1.82) is 0 Å². The highest BCUT2D eigenvalue weighted by molar-refractivity contribution is 7.09. The van der Waals surface area contributed by atoms with E-state index in [1.54, 1.807) is 21.5 Å². The van der Waals surface area contributed by atoms with Gasteiger partial charge in [0.15, 0.2) is 0 Å². The minimum Gasteiger partial charge on any atom is -0.383 e. The normalized spacial score (nSPS) is 13.0. The summed E-state index contributed by atoms with van der Waals surface area (Å²) in [6, 6.07) is 0.0729. The van der Waals surface area contributed by atoms with Gasteiger partial charge in [-0.15, -0.1) is 11.3 Å². The zero-order chi connectivity index (χ0) is 11.0. The van der Waals surface area contributed by atoms with Gasteiger partial charge in [-0.25, -0.2) is 4.68 Å². The third-order valence-corrected chi connectivity index (χ3v) is 3.69. The van der Waals surface area contributed by atoms with E-state index >= 15 is 0 Å². The molecule has 80 valence electrons. The average Bonchev–Trinajstić information content (AvgIpc) is 2.82. The maximum absolute atomic E-state index is 5.98. The summed E-state index contributed by atoms with van der Waals surface area (Å²) in [7, 11) is 0. The van der Waals surface area contributed by atoms with Crippen LogP contribution in [0.5, 0.6) is 0 Å². The lowest BCUT2D eigenvalue weighted by Gasteiger charge is -2.11. The van der Waals surface area contributed by atoms with Crippen molar-refractivity contribution in [3.63, 3.8) is 0 Å². The van der Waals surface area contributed by atoms with Crippen molar-refractivity contribution < 1.29 is 0 Å². The number of nitrogen functional groups attached to an aromatic ring is 1. The molecule has 2 aromatic rings. The predicted molar refractivity (Wildman–Crippen MR) is 62.3 cm³/mol. The molecule has 0 aromatic carbocycles. The van der Waals surface area contributed by atoms with E-state index in [9.17, 15) is 0 Å². The van der Waals surface area contributed by atoms with Crippen molar-refractivity contribution in [2.24, 2.45) is 0 Å². The first-order valence-corrected chi connectivity index (χ1v) is 5.75. The quantitative estimate of drug-likeness (QED) is 0.880. The molecule has 2 aromatic heterocycles. The Kier molecular flexibility index (Phi) is 2.67. The monoisotopic (exact) mass is 242 g/mol. The zero-order valence-corrected chi connectivity index (χ0v) is 10.0. The standard InChI is InChI=1S/C9H11ClN4S/c1-5-8(10)9(11)14(13-5)6(2)7-3-12-4-15-7/h3-4,6H,11H2,1-2H3. The summed E-state index contributed by atoms with van der Waals surface area (Å²) in [4.78, 5) is 5.14. The van der Waals surface area contributed by atoms with Crippen LogP contribution in [-0.2, 0) is 0 Å². The molecule has 0 amide bonds. The Hall–Kier alpha value is -1.07. The average molecular weight is 243 g/mol. The first-order chi connectivity index (χ1) is 7.11. The molecule has 0 saturated carbocycles. The van der Waals surface area contributed by atoms with Crippen LogP contribution in [0.1, 0.15) is 23.5 Å². The zero-order valence-electron chi connectivity index (χ0n) is 8.44. The number of aryl methyl sites for hydroxylation is 1. The number of halogens is 1. The molecular formula is C9H11ClN4S. The topological polar surface area (TPSA) is 56.7 Å². The van der Waals surface area contributed by atoms with Crippen LogP contribution in [0.2, 0.25) is 5.02 Å². The summed E-state index contributed by atoms with van der Waals surface area (Å²) < 4.78 is 1.73. The number of thiazole rings is 1. The first kappa shape index (κ1) is 10.4. The van der Waals surface area contributed by atoms with E-state index in [2.05, 4.69) is 10.1 Å². The van der Waals surface area contributed by atoms with Crippen LogP contribution in [0, 0.1) is 6.92 Å². The molecule has 0 bridgehead atoms. The maximum atomic E-state index is 5.98. The predicted octanol–water partition coefficient (Wildman–Crippen LogP) is 2.49. The molecule has 6 heteroatoms. The third-order valence-electron chi connectivity index (χ3n) is 2.28. The Morgan fingerprint density at radius 2 is 2.33 bits per heavy atom. The van der Waals surface area contributed by atoms with Gasteiger partial charge >= 0.3 is 0 Å². The Morgan fingerprint density at radius 3 is 2.80 bits per heavy atom. The van der Waals surface area contributed by atoms with Crippen molar-refractivity contribution in [2.45, 2.75) is 19.9 Å². The molecule has 0 aliphatic carbocycles. The van der Waals surface area contributed by atoms with Crippen LogP contribution in [-0.4, -0.2) is 14.8 Å². The third kappa shape index (κ3) is 1.72. The minimum absolute atomic E-state index is 0.0729. The van der Waals surface area contributed by atoms with Crippen molar-refractivity contribution in [3.05, 3.63) is 27.3 Å². The van der Waals surface area contributed by atoms with Gasteiger partial charge in [0, 0.05) is 11.1 Å². The molecule has 1 atom stereocenters. The van der Waals surface area contributed by atoms with Gasteiger partial charge in [-0.3, -0.25) is 4.98 Å². The highest BCUT2D eigenvalue weighted by Gasteiger charge is 2.17. The second-order valence-electron chi connectivity index (χ2n) is 3.31. The minimum atomic E-state index is 0.0729. The van der Waals surface area contributed by atoms with Crippen LogP contribution in [0.15, 0.2) is 11.7 Å². The number of hydrogen-bond donors (Lipinski definition) is 1. The van der Waals surface area contributed by atoms with Crippen LogP contribution in [0.3, 0.4) is 0 Å². The molecule has 0 aliphatic heterocycles. The van der Waals surface area contributed by atoms with Crippen LogP contribution >= 0.6 is 22.9 Å². The molecule has 0 radical (unpaired) electrons. The van der Waals surface area contributed by atoms with E-state index in [0.717, 1.165) is 10.6 Å². The van der Waals surface area contributed by atoms with E-state index in [0.29, 0.717) is 10.8 Å². The number of nitrogens with two attached hydrogens (primary N) is 1. The van der Waals surface area contributed by atoms with Gasteiger partial charge < -0.3 is 5.73 Å². The van der Waals surface area contributed by atoms with E-state index in [1.807, 2.05) is 20.0 Å². The molecule has 2 N–H and O–H groups in total. The Labute approximate surface area is 96.7 Å². The van der Waals surface area contributed by atoms with E-state index in [-0.39, 0.29) is 6.04 Å². The fourth-order valence-electron chi connectivity index (χ4n) is 1.39. The smallest absolute Gasteiger partial charge is 0.141 e. The van der Waals surface area contributed by atoms with Crippen molar-refractivity contribution >= 4 is 28.8 Å². The molecule has 1 unspecified atom stereocenters. The Morgan fingerprint density at radius 1 is 1.60 bits per heavy atom. The lowest BCUT2D eigenvalue weighted by molar-refractivity contribution is 0.576. The highest BCUT2D eigenvalue weighted by Crippen LogP contribution is 2.29. The molecule has 0 aliphatic rings. The maximum Gasteiger partial charge on any atom is 0.141 e. The summed E-state index contributed by atoms with van der Waals surface area (Å²) in [6.45, 7) is 3.86. The number of nitrogens with zero attached hydrogens (tertiary/aromatic N) is 3. The molecule has 2 rings (SSSR count). The van der Waals surface area contributed by atoms with Crippen LogP contribution in [0.4, 0.5) is 5.82 Å². The molecule has 15 heavy (non-hydrogen) atoms. The summed E-state index contributed by atoms with van der Waals surface area (Å²) in [6.07, 6.45) is 1.82. The van der Waals surface area contributed by atoms with Crippen molar-refractivity contribution in [3.8, 4) is 0 Å². The van der Waals surface area contributed by atoms with E-state index in [1.165, 1.54) is 0 Å². The molecule has 2 heterocycles. The Balaban J connectivity index is 2.42. The fraction of sp³-hybridized carbons (Fsp3) is 0.333. The summed E-state index contributed by atoms with van der Waals surface area (Å²) in [5.41, 5.74) is 8.41. The molecule has 0 saturated heterocycles. The van der Waals surface area contributed by atoms with Gasteiger partial charge in [0.25, 0.3) is 0 Å². The van der Waals surface area contributed by atoms with Crippen LogP contribution < -0.4 is 5.73 Å². The number of hydrogen-bond acceptors (Lipinski definition) is 4. The van der Waals surface area contributed by atoms with Crippen LogP contribution in [0.25, 0.3) is 0 Å². The summed E-state index contributed by atoms with van der Waals surface area (Å²) in [5.74, 6) is 0.509. The van der Waals surface area contributed by atoms with Gasteiger partial charge in [-0.05, 0) is 13.8 Å². The lowest BCUT2D eigenvalue weighted by atomic mass is 10.3. The first-order valence-electron chi connectivity index (χ1n) is 4.49. The SMILES string of the molecule is Cc1nn(C(C)c2cncs2)c(N)c1Cl. The van der Waals surface area contributed by atoms with Gasteiger partial charge in [0.2, 0.25) is 0 Å². The van der Waals surface area contributed by atoms with Crippen molar-refractivity contribution in [1.82, 2.24) is 14.8 Å². The van der Waals surface area contributed by atoms with Gasteiger partial charge in [0.05, 0.1) is 17.2 Å². The molecule has 0 fully saturated rings. The van der Waals surface area contributed by atoms with Gasteiger partial charge in [-0.1, -0.05) is 11.6 Å². The van der Waals surface area contributed by atoms with Crippen molar-refractivity contribution in [2.75, 3.05) is 5.73 Å². The molecule has 0 spiro atoms. The fourth-order valence-corrected chi connectivity index (χ4v) is 2.18. The summed E-state index contributed by atoms with van der Waals surface area (Å²) >= 11 is 7.56. The van der Waals surface area contributed by atoms with Gasteiger partial charge in [-0.2, -0.15) is 5.10 Å². The van der Waals surface area contributed by atoms with E-state index < -0.39 is 0 Å². The van der Waals surface area contributed by atoms with E-state index in [4.69, 9.17) is 17.3 Å². The molecular weight excluding hydrogens is 232 g/mol. The lowest BCUT2D eigenvalue weighted by Crippen LogP contribution is -2.10. The van der Waals surface area contributed by atoms with Gasteiger partial charge in [0.1, 0.15) is 10.8 Å². The molecule has 4 nitrogen and oxygen atoms in total. The number of aromatic nitrogens is 3. The summed E-state index contributed by atoms with van der Waals surface area (Å²) in [5, 5.41) is 4.84. The Bertz CT molecular complexity index is 463.